The zero-order valence-corrected chi connectivity index (χ0v) is 25.1. The van der Waals surface area contributed by atoms with Crippen LogP contribution in [0.25, 0.3) is 0 Å². The van der Waals surface area contributed by atoms with Crippen LogP contribution in [0.3, 0.4) is 0 Å². The number of halogens is 5. The lowest BCUT2D eigenvalue weighted by molar-refractivity contribution is 0.0819. The van der Waals surface area contributed by atoms with Crippen molar-refractivity contribution in [2.75, 3.05) is 45.0 Å². The summed E-state index contributed by atoms with van der Waals surface area (Å²) in [7, 11) is 0. The highest BCUT2D eigenvalue weighted by atomic mass is 35.5. The zero-order chi connectivity index (χ0) is 26.0. The minimum Gasteiger partial charge on any atom is -0.391 e. The van der Waals surface area contributed by atoms with Crippen molar-refractivity contribution in [1.82, 2.24) is 9.80 Å². The van der Waals surface area contributed by atoms with Crippen molar-refractivity contribution in [3.8, 4) is 0 Å². The van der Waals surface area contributed by atoms with E-state index in [1.807, 2.05) is 48.5 Å². The molecule has 1 unspecified atom stereocenters. The van der Waals surface area contributed by atoms with Crippen molar-refractivity contribution in [2.24, 2.45) is 0 Å². The largest absolute Gasteiger partial charge is 0.391 e. The Bertz CT molecular complexity index is 1040. The van der Waals surface area contributed by atoms with Crippen molar-refractivity contribution in [2.45, 2.75) is 30.6 Å². The fourth-order valence-electron chi connectivity index (χ4n) is 4.87. The van der Waals surface area contributed by atoms with Crippen molar-refractivity contribution in [3.63, 3.8) is 0 Å². The molecule has 39 heavy (non-hydrogen) atoms. The minimum atomic E-state index is -0.337. The van der Waals surface area contributed by atoms with E-state index in [9.17, 15) is 13.9 Å². The quantitative estimate of drug-likeness (QED) is 0.231. The molecule has 0 aromatic heterocycles. The van der Waals surface area contributed by atoms with Gasteiger partial charge in [-0.15, -0.1) is 24.8 Å². The Balaban J connectivity index is 0.00000267. The molecule has 0 aliphatic carbocycles. The first kappa shape index (κ1) is 33.8. The van der Waals surface area contributed by atoms with E-state index in [2.05, 4.69) is 9.80 Å². The molecule has 3 aromatic rings. The van der Waals surface area contributed by atoms with Crippen LogP contribution in [0.4, 0.5) is 8.78 Å². The number of β-amino-alcohol motifs (C(OH)–C–C–N with tert-alkyl or cyclic N) is 1. The molecule has 1 saturated heterocycles. The molecule has 0 amide bonds. The third kappa shape index (κ3) is 11.2. The summed E-state index contributed by atoms with van der Waals surface area (Å²) in [6, 6.07) is 21.2. The average Bonchev–Trinajstić information content (AvgIpc) is 2.90. The highest BCUT2D eigenvalue weighted by Gasteiger charge is 2.20. The molecule has 1 fully saturated rings. The number of aliphatic hydroxyl groups excluding tert-OH is 1. The summed E-state index contributed by atoms with van der Waals surface area (Å²) >= 11 is 7.69. The van der Waals surface area contributed by atoms with Crippen molar-refractivity contribution in [1.29, 1.82) is 0 Å². The van der Waals surface area contributed by atoms with E-state index < -0.39 is 0 Å². The van der Waals surface area contributed by atoms with Crippen LogP contribution in [-0.4, -0.2) is 66.0 Å². The van der Waals surface area contributed by atoms with Crippen molar-refractivity contribution >= 4 is 48.2 Å². The molecule has 4 rings (SSSR count). The zero-order valence-electron chi connectivity index (χ0n) is 21.9. The molecule has 0 spiro atoms. The lowest BCUT2D eigenvalue weighted by Gasteiger charge is -2.35. The van der Waals surface area contributed by atoms with E-state index in [1.54, 1.807) is 11.8 Å². The maximum atomic E-state index is 13.5. The maximum Gasteiger partial charge on any atom is 0.123 e. The second-order valence-electron chi connectivity index (χ2n) is 9.74. The molecule has 1 atom stereocenters. The monoisotopic (exact) mass is 616 g/mol. The Morgan fingerprint density at radius 2 is 1.28 bits per heavy atom. The SMILES string of the molecule is Cl.Cl.OC(CSCc1ccc(Cl)cc1)CN1CCN(CCCC(c2ccc(F)cc2)c2ccc(F)cc2)CC1. The molecule has 214 valence electrons. The van der Waals surface area contributed by atoms with E-state index >= 15 is 0 Å². The molecule has 9 heteroatoms. The average molecular weight is 618 g/mol. The van der Waals surface area contributed by atoms with E-state index in [1.165, 1.54) is 29.8 Å². The number of aliphatic hydroxyl groups is 1. The summed E-state index contributed by atoms with van der Waals surface area (Å²) in [6.45, 7) is 5.59. The van der Waals surface area contributed by atoms with Crippen LogP contribution in [0.1, 0.15) is 35.4 Å². The first-order valence-corrected chi connectivity index (χ1v) is 14.5. The fourth-order valence-corrected chi connectivity index (χ4v) is 5.92. The van der Waals surface area contributed by atoms with Crippen LogP contribution < -0.4 is 0 Å². The van der Waals surface area contributed by atoms with Gasteiger partial charge in [-0.2, -0.15) is 11.8 Å². The Kier molecular flexibility index (Phi) is 15.1. The molecular formula is C30H37Cl3F2N2OS. The molecule has 1 heterocycles. The molecule has 1 N–H and O–H groups in total. The van der Waals surface area contributed by atoms with Gasteiger partial charge in [-0.25, -0.2) is 8.78 Å². The van der Waals surface area contributed by atoms with Gasteiger partial charge in [0.05, 0.1) is 6.10 Å². The van der Waals surface area contributed by atoms with Gasteiger partial charge in [-0.3, -0.25) is 4.90 Å². The first-order chi connectivity index (χ1) is 18.0. The Morgan fingerprint density at radius 1 is 0.769 bits per heavy atom. The van der Waals surface area contributed by atoms with Gasteiger partial charge in [-0.05, 0) is 72.5 Å². The van der Waals surface area contributed by atoms with Gasteiger partial charge in [0.1, 0.15) is 11.6 Å². The minimum absolute atomic E-state index is 0. The smallest absolute Gasteiger partial charge is 0.123 e. The standard InChI is InChI=1S/C30H35ClF2N2OS.2ClH/c31-26-9-3-23(4-10-26)21-37-22-29(36)20-35-18-16-34(17-19-35)15-1-2-30(24-5-11-27(32)12-6-24)25-7-13-28(33)14-8-25;;/h3-14,29-30,36H,1-2,15-22H2;2*1H. The van der Waals surface area contributed by atoms with Crippen molar-refractivity contribution < 1.29 is 13.9 Å². The molecule has 0 bridgehead atoms. The molecule has 3 aromatic carbocycles. The second kappa shape index (κ2) is 17.4. The lowest BCUT2D eigenvalue weighted by atomic mass is 9.87. The fraction of sp³-hybridized carbons (Fsp3) is 0.400. The lowest BCUT2D eigenvalue weighted by Crippen LogP contribution is -2.49. The van der Waals surface area contributed by atoms with Crippen molar-refractivity contribution in [3.05, 3.63) is 106 Å². The van der Waals surface area contributed by atoms with Gasteiger partial charge < -0.3 is 10.0 Å². The molecule has 1 aliphatic rings. The number of thioether (sulfide) groups is 1. The number of nitrogens with zero attached hydrogens (tertiary/aromatic N) is 2. The predicted octanol–water partition coefficient (Wildman–Crippen LogP) is 7.29. The predicted molar refractivity (Wildman–Crippen MR) is 165 cm³/mol. The summed E-state index contributed by atoms with van der Waals surface area (Å²) in [5.41, 5.74) is 3.33. The number of benzene rings is 3. The Hall–Kier alpha value is -1.38. The Morgan fingerprint density at radius 3 is 1.82 bits per heavy atom. The van der Waals surface area contributed by atoms with Gasteiger partial charge in [0, 0.05) is 55.2 Å². The van der Waals surface area contributed by atoms with E-state index in [4.69, 9.17) is 11.6 Å². The molecule has 0 saturated carbocycles. The molecular weight excluding hydrogens is 581 g/mol. The van der Waals surface area contributed by atoms with Crippen LogP contribution in [-0.2, 0) is 5.75 Å². The summed E-state index contributed by atoms with van der Waals surface area (Å²) < 4.78 is 26.9. The van der Waals surface area contributed by atoms with Gasteiger partial charge in [0.15, 0.2) is 0 Å². The first-order valence-electron chi connectivity index (χ1n) is 12.9. The van der Waals surface area contributed by atoms with Crippen LogP contribution in [0.5, 0.6) is 0 Å². The highest BCUT2D eigenvalue weighted by Crippen LogP contribution is 2.30. The van der Waals surface area contributed by atoms with Gasteiger partial charge in [0.25, 0.3) is 0 Å². The second-order valence-corrected chi connectivity index (χ2v) is 11.2. The van der Waals surface area contributed by atoms with Crippen LogP contribution in [0, 0.1) is 11.6 Å². The normalized spacial score (nSPS) is 15.0. The van der Waals surface area contributed by atoms with E-state index in [-0.39, 0.29) is 48.5 Å². The Labute approximate surface area is 252 Å². The number of hydrogen-bond acceptors (Lipinski definition) is 4. The molecule has 0 radical (unpaired) electrons. The summed E-state index contributed by atoms with van der Waals surface area (Å²) in [5, 5.41) is 11.2. The van der Waals surface area contributed by atoms with E-state index in [0.29, 0.717) is 6.54 Å². The van der Waals surface area contributed by atoms with Crippen LogP contribution in [0.2, 0.25) is 5.02 Å². The number of rotatable bonds is 12. The van der Waals surface area contributed by atoms with Gasteiger partial charge in [0.2, 0.25) is 0 Å². The summed E-state index contributed by atoms with van der Waals surface area (Å²) in [5.74, 6) is 1.22. The summed E-state index contributed by atoms with van der Waals surface area (Å²) in [4.78, 5) is 4.83. The number of hydrogen-bond donors (Lipinski definition) is 1. The molecule has 1 aliphatic heterocycles. The van der Waals surface area contributed by atoms with Gasteiger partial charge in [-0.1, -0.05) is 48.0 Å². The summed E-state index contributed by atoms with van der Waals surface area (Å²) in [6.07, 6.45) is 1.58. The maximum absolute atomic E-state index is 13.5. The van der Waals surface area contributed by atoms with Crippen LogP contribution >= 0.6 is 48.2 Å². The number of piperazine rings is 1. The molecule has 3 nitrogen and oxygen atoms in total. The highest BCUT2D eigenvalue weighted by molar-refractivity contribution is 7.98. The topological polar surface area (TPSA) is 26.7 Å². The van der Waals surface area contributed by atoms with Gasteiger partial charge >= 0.3 is 0 Å². The third-order valence-electron chi connectivity index (χ3n) is 6.94. The third-order valence-corrected chi connectivity index (χ3v) is 8.35. The van der Waals surface area contributed by atoms with E-state index in [0.717, 1.165) is 73.2 Å². The van der Waals surface area contributed by atoms with Crippen LogP contribution in [0.15, 0.2) is 72.8 Å².